The van der Waals surface area contributed by atoms with E-state index < -0.39 is 0 Å². The monoisotopic (exact) mass is 248 g/mol. The number of hydrogen-bond acceptors (Lipinski definition) is 2. The summed E-state index contributed by atoms with van der Waals surface area (Å²) in [7, 11) is 0. The van der Waals surface area contributed by atoms with Crippen LogP contribution in [0.3, 0.4) is 0 Å². The van der Waals surface area contributed by atoms with Crippen LogP contribution in [0.4, 0.5) is 5.69 Å². The van der Waals surface area contributed by atoms with Gasteiger partial charge in [-0.15, -0.1) is 0 Å². The lowest BCUT2D eigenvalue weighted by Crippen LogP contribution is -2.44. The fourth-order valence-electron chi connectivity index (χ4n) is 1.93. The van der Waals surface area contributed by atoms with Crippen molar-refractivity contribution >= 4 is 11.6 Å². The Morgan fingerprint density at radius 2 is 1.89 bits per heavy atom. The predicted octanol–water partition coefficient (Wildman–Crippen LogP) is 2.95. The number of nitrogens with two attached hydrogens (primary N) is 1. The molecule has 0 spiro atoms. The van der Waals surface area contributed by atoms with Gasteiger partial charge in [-0.25, -0.2) is 0 Å². The summed E-state index contributed by atoms with van der Waals surface area (Å²) < 4.78 is 0. The molecule has 0 aliphatic rings. The molecule has 0 aliphatic carbocycles. The van der Waals surface area contributed by atoms with Crippen LogP contribution in [0.5, 0.6) is 0 Å². The molecule has 0 saturated carbocycles. The molecule has 3 nitrogen and oxygen atoms in total. The van der Waals surface area contributed by atoms with Crippen LogP contribution in [0.15, 0.2) is 30.3 Å². The van der Waals surface area contributed by atoms with E-state index in [9.17, 15) is 4.79 Å². The van der Waals surface area contributed by atoms with Gasteiger partial charge in [-0.1, -0.05) is 44.9 Å². The largest absolute Gasteiger partial charge is 0.320 e. The summed E-state index contributed by atoms with van der Waals surface area (Å²) in [5.41, 5.74) is 6.89. The summed E-state index contributed by atoms with van der Waals surface area (Å²) in [5, 5.41) is 0. The summed E-state index contributed by atoms with van der Waals surface area (Å²) in [6.07, 6.45) is 3.75. The van der Waals surface area contributed by atoms with Crippen LogP contribution < -0.4 is 10.6 Å². The number of carbonyl (C=O) groups excluding carboxylic acids is 1. The van der Waals surface area contributed by atoms with E-state index >= 15 is 0 Å². The Kier molecular flexibility index (Phi) is 6.44. The lowest BCUT2D eigenvalue weighted by atomic mass is 10.1. The van der Waals surface area contributed by atoms with Crippen LogP contribution in [0, 0.1) is 0 Å². The summed E-state index contributed by atoms with van der Waals surface area (Å²) in [5.74, 6) is 0.0384. The molecule has 0 aliphatic heterocycles. The SMILES string of the molecule is CCCCN(C(=O)[C@@H](N)CCC)c1ccccc1. The van der Waals surface area contributed by atoms with Gasteiger partial charge in [-0.2, -0.15) is 0 Å². The van der Waals surface area contributed by atoms with Crippen molar-refractivity contribution in [3.63, 3.8) is 0 Å². The second-order valence-electron chi connectivity index (χ2n) is 4.57. The first-order valence-corrected chi connectivity index (χ1v) is 6.82. The molecule has 1 amide bonds. The quantitative estimate of drug-likeness (QED) is 0.806. The predicted molar refractivity (Wildman–Crippen MR) is 76.6 cm³/mol. The van der Waals surface area contributed by atoms with Gasteiger partial charge in [0.2, 0.25) is 5.91 Å². The Bertz CT molecular complexity index is 351. The smallest absolute Gasteiger partial charge is 0.243 e. The molecule has 0 aromatic heterocycles. The lowest BCUT2D eigenvalue weighted by Gasteiger charge is -2.25. The molecule has 0 heterocycles. The molecule has 18 heavy (non-hydrogen) atoms. The van der Waals surface area contributed by atoms with Gasteiger partial charge in [0, 0.05) is 12.2 Å². The van der Waals surface area contributed by atoms with Gasteiger partial charge < -0.3 is 10.6 Å². The van der Waals surface area contributed by atoms with Gasteiger partial charge in [-0.05, 0) is 25.0 Å². The van der Waals surface area contributed by atoms with Gasteiger partial charge in [0.1, 0.15) is 0 Å². The number of benzene rings is 1. The summed E-state index contributed by atoms with van der Waals surface area (Å²) in [4.78, 5) is 14.2. The molecule has 1 aromatic carbocycles. The van der Waals surface area contributed by atoms with Crippen LogP contribution in [0.1, 0.15) is 39.5 Å². The Labute approximate surface area is 110 Å². The topological polar surface area (TPSA) is 46.3 Å². The second kappa shape index (κ2) is 7.88. The standard InChI is InChI=1S/C15H24N2O/c1-3-5-12-17(13-10-7-6-8-11-13)15(18)14(16)9-4-2/h6-8,10-11,14H,3-5,9,12,16H2,1-2H3/t14-/m0/s1. The van der Waals surface area contributed by atoms with E-state index in [2.05, 4.69) is 6.92 Å². The average Bonchev–Trinajstić information content (AvgIpc) is 2.40. The third kappa shape index (κ3) is 4.15. The van der Waals surface area contributed by atoms with Crippen LogP contribution in [0.2, 0.25) is 0 Å². The molecule has 2 N–H and O–H groups in total. The molecule has 0 unspecified atom stereocenters. The molecule has 0 bridgehead atoms. The zero-order valence-electron chi connectivity index (χ0n) is 11.4. The Balaban J connectivity index is 2.81. The summed E-state index contributed by atoms with van der Waals surface area (Å²) in [6, 6.07) is 9.41. The normalized spacial score (nSPS) is 12.2. The van der Waals surface area contributed by atoms with Gasteiger partial charge in [0.05, 0.1) is 6.04 Å². The van der Waals surface area contributed by atoms with Crippen LogP contribution in [-0.2, 0) is 4.79 Å². The minimum absolute atomic E-state index is 0.0384. The molecule has 1 rings (SSSR count). The van der Waals surface area contributed by atoms with E-state index in [0.29, 0.717) is 0 Å². The molecular formula is C15H24N2O. The molecule has 0 fully saturated rings. The molecule has 1 atom stereocenters. The molecule has 1 aromatic rings. The highest BCUT2D eigenvalue weighted by atomic mass is 16.2. The molecule has 0 radical (unpaired) electrons. The fraction of sp³-hybridized carbons (Fsp3) is 0.533. The molecule has 100 valence electrons. The van der Waals surface area contributed by atoms with E-state index in [4.69, 9.17) is 5.73 Å². The lowest BCUT2D eigenvalue weighted by molar-refractivity contribution is -0.120. The first-order valence-electron chi connectivity index (χ1n) is 6.82. The van der Waals surface area contributed by atoms with Gasteiger partial charge in [0.25, 0.3) is 0 Å². The van der Waals surface area contributed by atoms with Crippen molar-refractivity contribution in [1.29, 1.82) is 0 Å². The van der Waals surface area contributed by atoms with E-state index in [-0.39, 0.29) is 11.9 Å². The number of anilines is 1. The Morgan fingerprint density at radius 3 is 2.44 bits per heavy atom. The number of hydrogen-bond donors (Lipinski definition) is 1. The number of para-hydroxylation sites is 1. The summed E-state index contributed by atoms with van der Waals surface area (Å²) >= 11 is 0. The van der Waals surface area contributed by atoms with Crippen molar-refractivity contribution < 1.29 is 4.79 Å². The van der Waals surface area contributed by atoms with Crippen molar-refractivity contribution in [2.75, 3.05) is 11.4 Å². The van der Waals surface area contributed by atoms with Crippen LogP contribution >= 0.6 is 0 Å². The second-order valence-corrected chi connectivity index (χ2v) is 4.57. The van der Waals surface area contributed by atoms with Gasteiger partial charge in [-0.3, -0.25) is 4.79 Å². The van der Waals surface area contributed by atoms with E-state index in [0.717, 1.165) is 37.9 Å². The first kappa shape index (κ1) is 14.7. The average molecular weight is 248 g/mol. The number of nitrogens with zero attached hydrogens (tertiary/aromatic N) is 1. The summed E-state index contributed by atoms with van der Waals surface area (Å²) in [6.45, 7) is 4.92. The number of amides is 1. The van der Waals surface area contributed by atoms with Gasteiger partial charge in [0.15, 0.2) is 0 Å². The van der Waals surface area contributed by atoms with Crippen LogP contribution in [-0.4, -0.2) is 18.5 Å². The third-order valence-electron chi connectivity index (χ3n) is 2.99. The van der Waals surface area contributed by atoms with Crippen molar-refractivity contribution in [1.82, 2.24) is 0 Å². The Hall–Kier alpha value is -1.35. The Morgan fingerprint density at radius 1 is 1.22 bits per heavy atom. The molecular weight excluding hydrogens is 224 g/mol. The zero-order chi connectivity index (χ0) is 13.4. The van der Waals surface area contributed by atoms with Crippen molar-refractivity contribution in [3.05, 3.63) is 30.3 Å². The zero-order valence-corrected chi connectivity index (χ0v) is 11.4. The molecule has 3 heteroatoms. The molecule has 0 saturated heterocycles. The van der Waals surface area contributed by atoms with E-state index in [1.807, 2.05) is 42.2 Å². The maximum atomic E-state index is 12.3. The highest BCUT2D eigenvalue weighted by Crippen LogP contribution is 2.16. The minimum atomic E-state index is -0.382. The van der Waals surface area contributed by atoms with E-state index in [1.54, 1.807) is 0 Å². The van der Waals surface area contributed by atoms with Crippen molar-refractivity contribution in [2.24, 2.45) is 5.73 Å². The number of carbonyl (C=O) groups is 1. The number of rotatable bonds is 7. The van der Waals surface area contributed by atoms with Crippen molar-refractivity contribution in [2.45, 2.75) is 45.6 Å². The highest BCUT2D eigenvalue weighted by Gasteiger charge is 2.20. The highest BCUT2D eigenvalue weighted by molar-refractivity contribution is 5.96. The maximum Gasteiger partial charge on any atom is 0.243 e. The number of unbranched alkanes of at least 4 members (excludes halogenated alkanes) is 1. The fourth-order valence-corrected chi connectivity index (χ4v) is 1.93. The van der Waals surface area contributed by atoms with Crippen molar-refractivity contribution in [3.8, 4) is 0 Å². The third-order valence-corrected chi connectivity index (χ3v) is 2.99. The van der Waals surface area contributed by atoms with Crippen LogP contribution in [0.25, 0.3) is 0 Å². The van der Waals surface area contributed by atoms with E-state index in [1.165, 1.54) is 0 Å². The maximum absolute atomic E-state index is 12.3. The van der Waals surface area contributed by atoms with Gasteiger partial charge >= 0.3 is 0 Å². The minimum Gasteiger partial charge on any atom is -0.320 e. The first-order chi connectivity index (χ1) is 8.70.